The molecule has 2 atom stereocenters. The van der Waals surface area contributed by atoms with E-state index in [4.69, 9.17) is 5.73 Å². The SMILES string of the molecule is CC1(C)CCCC1C(N)Cc1ccc(F)cc1Br. The predicted octanol–water partition coefficient (Wildman–Crippen LogP) is 4.28. The number of benzene rings is 1. The van der Waals surface area contributed by atoms with Crippen molar-refractivity contribution in [1.82, 2.24) is 0 Å². The van der Waals surface area contributed by atoms with E-state index in [2.05, 4.69) is 29.8 Å². The first-order valence-electron chi connectivity index (χ1n) is 6.59. The topological polar surface area (TPSA) is 26.0 Å². The van der Waals surface area contributed by atoms with Gasteiger partial charge in [-0.1, -0.05) is 42.3 Å². The Bertz CT molecular complexity index is 431. The first kappa shape index (κ1) is 14.0. The fourth-order valence-corrected chi connectivity index (χ4v) is 3.74. The summed E-state index contributed by atoms with van der Waals surface area (Å²) in [6.07, 6.45) is 4.56. The molecule has 1 aliphatic carbocycles. The van der Waals surface area contributed by atoms with Crippen molar-refractivity contribution in [3.8, 4) is 0 Å². The molecule has 0 aromatic heterocycles. The van der Waals surface area contributed by atoms with Crippen molar-refractivity contribution in [1.29, 1.82) is 0 Å². The lowest BCUT2D eigenvalue weighted by Crippen LogP contribution is -2.38. The van der Waals surface area contributed by atoms with Crippen LogP contribution in [0.1, 0.15) is 38.7 Å². The highest BCUT2D eigenvalue weighted by molar-refractivity contribution is 9.10. The van der Waals surface area contributed by atoms with Crippen molar-refractivity contribution < 1.29 is 4.39 Å². The van der Waals surface area contributed by atoms with Gasteiger partial charge >= 0.3 is 0 Å². The molecule has 0 saturated heterocycles. The molecule has 2 unspecified atom stereocenters. The maximum Gasteiger partial charge on any atom is 0.124 e. The standard InChI is InChI=1S/C15H21BrFN/c1-15(2)7-3-4-12(15)14(18)8-10-5-6-11(17)9-13(10)16/h5-6,9,12,14H,3-4,7-8,18H2,1-2H3. The van der Waals surface area contributed by atoms with Crippen molar-refractivity contribution >= 4 is 15.9 Å². The van der Waals surface area contributed by atoms with E-state index in [1.807, 2.05) is 6.07 Å². The molecular weight excluding hydrogens is 293 g/mol. The Morgan fingerprint density at radius 3 is 2.78 bits per heavy atom. The molecule has 3 heteroatoms. The van der Waals surface area contributed by atoms with Crippen molar-refractivity contribution in [2.24, 2.45) is 17.1 Å². The third kappa shape index (κ3) is 2.94. The molecule has 100 valence electrons. The van der Waals surface area contributed by atoms with Crippen LogP contribution in [0.2, 0.25) is 0 Å². The van der Waals surface area contributed by atoms with E-state index in [-0.39, 0.29) is 11.9 Å². The van der Waals surface area contributed by atoms with Crippen LogP contribution in [-0.4, -0.2) is 6.04 Å². The summed E-state index contributed by atoms with van der Waals surface area (Å²) in [7, 11) is 0. The van der Waals surface area contributed by atoms with E-state index < -0.39 is 0 Å². The number of hydrogen-bond acceptors (Lipinski definition) is 1. The molecule has 0 bridgehead atoms. The number of nitrogens with two attached hydrogens (primary N) is 1. The molecule has 1 nitrogen and oxygen atoms in total. The Morgan fingerprint density at radius 2 is 2.22 bits per heavy atom. The van der Waals surface area contributed by atoms with Crippen LogP contribution in [0.4, 0.5) is 4.39 Å². The zero-order chi connectivity index (χ0) is 13.3. The van der Waals surface area contributed by atoms with Gasteiger partial charge in [-0.2, -0.15) is 0 Å². The molecule has 1 fully saturated rings. The first-order chi connectivity index (χ1) is 8.40. The molecule has 1 saturated carbocycles. The van der Waals surface area contributed by atoms with Gasteiger partial charge in [-0.05, 0) is 48.3 Å². The average Bonchev–Trinajstić information content (AvgIpc) is 2.62. The van der Waals surface area contributed by atoms with Gasteiger partial charge in [-0.3, -0.25) is 0 Å². The van der Waals surface area contributed by atoms with Crippen molar-refractivity contribution in [3.63, 3.8) is 0 Å². The van der Waals surface area contributed by atoms with Crippen LogP contribution >= 0.6 is 15.9 Å². The summed E-state index contributed by atoms with van der Waals surface area (Å²) in [5, 5.41) is 0. The van der Waals surface area contributed by atoms with Crippen molar-refractivity contribution in [2.75, 3.05) is 0 Å². The molecule has 18 heavy (non-hydrogen) atoms. The van der Waals surface area contributed by atoms with E-state index in [0.717, 1.165) is 16.5 Å². The predicted molar refractivity (Wildman–Crippen MR) is 76.9 cm³/mol. The summed E-state index contributed by atoms with van der Waals surface area (Å²) >= 11 is 3.42. The van der Waals surface area contributed by atoms with Crippen LogP contribution < -0.4 is 5.73 Å². The Balaban J connectivity index is 2.09. The summed E-state index contributed by atoms with van der Waals surface area (Å²) in [5.41, 5.74) is 7.82. The second kappa shape index (κ2) is 5.30. The summed E-state index contributed by atoms with van der Waals surface area (Å²) in [4.78, 5) is 0. The minimum atomic E-state index is -0.208. The van der Waals surface area contributed by atoms with Gasteiger partial charge in [0.2, 0.25) is 0 Å². The Morgan fingerprint density at radius 1 is 1.50 bits per heavy atom. The zero-order valence-corrected chi connectivity index (χ0v) is 12.6. The minimum Gasteiger partial charge on any atom is -0.327 e. The first-order valence-corrected chi connectivity index (χ1v) is 7.39. The van der Waals surface area contributed by atoms with Crippen molar-refractivity contribution in [2.45, 2.75) is 45.6 Å². The van der Waals surface area contributed by atoms with Crippen LogP contribution in [0.3, 0.4) is 0 Å². The summed E-state index contributed by atoms with van der Waals surface area (Å²) in [6.45, 7) is 4.62. The van der Waals surface area contributed by atoms with E-state index in [0.29, 0.717) is 11.3 Å². The Labute approximate surface area is 117 Å². The van der Waals surface area contributed by atoms with E-state index >= 15 is 0 Å². The largest absolute Gasteiger partial charge is 0.327 e. The third-order valence-corrected chi connectivity index (χ3v) is 5.07. The second-order valence-electron chi connectivity index (χ2n) is 6.09. The Kier molecular flexibility index (Phi) is 4.12. The fourth-order valence-electron chi connectivity index (χ4n) is 3.23. The van der Waals surface area contributed by atoms with Gasteiger partial charge < -0.3 is 5.73 Å². The molecule has 1 aromatic carbocycles. The number of halogens is 2. The van der Waals surface area contributed by atoms with E-state index in [1.54, 1.807) is 0 Å². The fraction of sp³-hybridized carbons (Fsp3) is 0.600. The van der Waals surface area contributed by atoms with Gasteiger partial charge in [0.1, 0.15) is 5.82 Å². The van der Waals surface area contributed by atoms with Gasteiger partial charge in [0, 0.05) is 10.5 Å². The summed E-state index contributed by atoms with van der Waals surface area (Å²) < 4.78 is 13.9. The highest BCUT2D eigenvalue weighted by Crippen LogP contribution is 2.44. The molecule has 2 rings (SSSR count). The van der Waals surface area contributed by atoms with Gasteiger partial charge in [-0.15, -0.1) is 0 Å². The van der Waals surface area contributed by atoms with Crippen LogP contribution in [-0.2, 0) is 6.42 Å². The average molecular weight is 314 g/mol. The van der Waals surface area contributed by atoms with E-state index in [1.165, 1.54) is 31.4 Å². The van der Waals surface area contributed by atoms with Gasteiger partial charge in [0.15, 0.2) is 0 Å². The molecule has 1 aliphatic rings. The molecule has 0 spiro atoms. The molecule has 0 heterocycles. The molecule has 0 amide bonds. The van der Waals surface area contributed by atoms with Gasteiger partial charge in [-0.25, -0.2) is 4.39 Å². The third-order valence-electron chi connectivity index (χ3n) is 4.33. The molecule has 1 aromatic rings. The summed E-state index contributed by atoms with van der Waals surface area (Å²) in [6, 6.07) is 5.01. The number of hydrogen-bond donors (Lipinski definition) is 1. The summed E-state index contributed by atoms with van der Waals surface area (Å²) in [5.74, 6) is 0.356. The lowest BCUT2D eigenvalue weighted by Gasteiger charge is -2.32. The second-order valence-corrected chi connectivity index (χ2v) is 6.95. The molecule has 0 aliphatic heterocycles. The zero-order valence-electron chi connectivity index (χ0n) is 11.0. The minimum absolute atomic E-state index is 0.157. The smallest absolute Gasteiger partial charge is 0.124 e. The monoisotopic (exact) mass is 313 g/mol. The highest BCUT2D eigenvalue weighted by Gasteiger charge is 2.38. The Hall–Kier alpha value is -0.410. The lowest BCUT2D eigenvalue weighted by molar-refractivity contribution is 0.220. The van der Waals surface area contributed by atoms with Crippen LogP contribution in [0.15, 0.2) is 22.7 Å². The molecule has 2 N–H and O–H groups in total. The van der Waals surface area contributed by atoms with Crippen LogP contribution in [0, 0.1) is 17.2 Å². The molecular formula is C15H21BrFN. The molecule has 0 radical (unpaired) electrons. The maximum atomic E-state index is 13.0. The van der Waals surface area contributed by atoms with Gasteiger partial charge in [0.25, 0.3) is 0 Å². The normalized spacial score (nSPS) is 24.2. The van der Waals surface area contributed by atoms with Crippen LogP contribution in [0.25, 0.3) is 0 Å². The van der Waals surface area contributed by atoms with E-state index in [9.17, 15) is 4.39 Å². The van der Waals surface area contributed by atoms with Crippen molar-refractivity contribution in [3.05, 3.63) is 34.1 Å². The van der Waals surface area contributed by atoms with Crippen LogP contribution in [0.5, 0.6) is 0 Å². The lowest BCUT2D eigenvalue weighted by atomic mass is 9.76. The quantitative estimate of drug-likeness (QED) is 0.885. The van der Waals surface area contributed by atoms with Gasteiger partial charge in [0.05, 0.1) is 0 Å². The highest BCUT2D eigenvalue weighted by atomic mass is 79.9. The maximum absolute atomic E-state index is 13.0. The number of rotatable bonds is 3.